The van der Waals surface area contributed by atoms with E-state index >= 15 is 0 Å². The summed E-state index contributed by atoms with van der Waals surface area (Å²) >= 11 is 0. The molecule has 1 aliphatic heterocycles. The van der Waals surface area contributed by atoms with Crippen molar-refractivity contribution in [3.05, 3.63) is 78.6 Å². The normalized spacial score (nSPS) is 16.4. The Morgan fingerprint density at radius 3 is 2.46 bits per heavy atom. The number of aromatic nitrogens is 1. The first kappa shape index (κ1) is 14.6. The molecule has 0 saturated heterocycles. The van der Waals surface area contributed by atoms with E-state index in [1.807, 2.05) is 89.4 Å². The van der Waals surface area contributed by atoms with E-state index in [1.165, 1.54) is 0 Å². The van der Waals surface area contributed by atoms with Crippen molar-refractivity contribution in [2.75, 3.05) is 11.5 Å². The van der Waals surface area contributed by atoms with Gasteiger partial charge in [0.25, 0.3) is 5.91 Å². The first-order chi connectivity index (χ1) is 11.7. The van der Waals surface area contributed by atoms with Crippen LogP contribution in [-0.2, 0) is 0 Å². The number of ether oxygens (including phenoxy) is 1. The minimum Gasteiger partial charge on any atom is -0.489 e. The van der Waals surface area contributed by atoms with Gasteiger partial charge in [-0.3, -0.25) is 9.69 Å². The summed E-state index contributed by atoms with van der Waals surface area (Å²) < 4.78 is 7.74. The quantitative estimate of drug-likeness (QED) is 0.718. The van der Waals surface area contributed by atoms with Crippen molar-refractivity contribution in [1.29, 1.82) is 0 Å². The van der Waals surface area contributed by atoms with Crippen molar-refractivity contribution < 1.29 is 9.53 Å². The predicted octanol–water partition coefficient (Wildman–Crippen LogP) is 3.91. The summed E-state index contributed by atoms with van der Waals surface area (Å²) in [5.41, 5.74) is 2.54. The second kappa shape index (κ2) is 5.89. The Hall–Kier alpha value is -3.01. The van der Waals surface area contributed by atoms with Crippen LogP contribution in [0, 0.1) is 0 Å². The lowest BCUT2D eigenvalue weighted by Crippen LogP contribution is -2.45. The van der Waals surface area contributed by atoms with Crippen LogP contribution in [0.25, 0.3) is 5.69 Å². The maximum atomic E-state index is 13.0. The van der Waals surface area contributed by atoms with Crippen LogP contribution in [0.4, 0.5) is 5.69 Å². The molecule has 0 radical (unpaired) electrons. The van der Waals surface area contributed by atoms with Crippen molar-refractivity contribution in [1.82, 2.24) is 4.57 Å². The number of carbonyl (C=O) groups excluding carboxylic acids is 1. The minimum atomic E-state index is -0.00322. The van der Waals surface area contributed by atoms with Gasteiger partial charge in [0.05, 0.1) is 11.7 Å². The third-order valence-corrected chi connectivity index (χ3v) is 4.28. The highest BCUT2D eigenvalue weighted by Crippen LogP contribution is 2.34. The van der Waals surface area contributed by atoms with E-state index in [2.05, 4.69) is 0 Å². The SMILES string of the molecule is CC1COc2ccccc2N1C(=O)c1ccc(-n2cccc2)cc1. The number of hydrogen-bond donors (Lipinski definition) is 0. The van der Waals surface area contributed by atoms with Crippen LogP contribution in [0.5, 0.6) is 5.75 Å². The Morgan fingerprint density at radius 2 is 1.71 bits per heavy atom. The van der Waals surface area contributed by atoms with E-state index in [1.54, 1.807) is 0 Å². The zero-order chi connectivity index (χ0) is 16.5. The molecule has 0 spiro atoms. The fraction of sp³-hybridized carbons (Fsp3) is 0.150. The molecule has 1 amide bonds. The van der Waals surface area contributed by atoms with E-state index < -0.39 is 0 Å². The van der Waals surface area contributed by atoms with Crippen LogP contribution in [-0.4, -0.2) is 23.1 Å². The van der Waals surface area contributed by atoms with Gasteiger partial charge in [0, 0.05) is 23.6 Å². The van der Waals surface area contributed by atoms with Gasteiger partial charge in [-0.1, -0.05) is 12.1 Å². The maximum absolute atomic E-state index is 13.0. The smallest absolute Gasteiger partial charge is 0.258 e. The molecular weight excluding hydrogens is 300 g/mol. The lowest BCUT2D eigenvalue weighted by molar-refractivity contribution is 0.0961. The molecule has 0 fully saturated rings. The van der Waals surface area contributed by atoms with Crippen molar-refractivity contribution >= 4 is 11.6 Å². The molecule has 4 rings (SSSR count). The van der Waals surface area contributed by atoms with Crippen LogP contribution in [0.3, 0.4) is 0 Å². The molecule has 0 bridgehead atoms. The molecule has 1 aliphatic rings. The van der Waals surface area contributed by atoms with Gasteiger partial charge in [-0.2, -0.15) is 0 Å². The summed E-state index contributed by atoms with van der Waals surface area (Å²) in [6.07, 6.45) is 3.97. The maximum Gasteiger partial charge on any atom is 0.258 e. The Bertz CT molecular complexity index is 854. The molecule has 0 aliphatic carbocycles. The lowest BCUT2D eigenvalue weighted by atomic mass is 10.1. The zero-order valence-corrected chi connectivity index (χ0v) is 13.4. The van der Waals surface area contributed by atoms with Crippen LogP contribution in [0.2, 0.25) is 0 Å². The third kappa shape index (κ3) is 2.46. The highest BCUT2D eigenvalue weighted by molar-refractivity contribution is 6.07. The number of para-hydroxylation sites is 2. The van der Waals surface area contributed by atoms with Gasteiger partial charge in [0.1, 0.15) is 12.4 Å². The summed E-state index contributed by atoms with van der Waals surface area (Å²) in [6.45, 7) is 2.51. The van der Waals surface area contributed by atoms with E-state index in [4.69, 9.17) is 4.74 Å². The Morgan fingerprint density at radius 1 is 1.00 bits per heavy atom. The van der Waals surface area contributed by atoms with Gasteiger partial charge >= 0.3 is 0 Å². The van der Waals surface area contributed by atoms with Gasteiger partial charge < -0.3 is 9.30 Å². The topological polar surface area (TPSA) is 34.5 Å². The first-order valence-electron chi connectivity index (χ1n) is 8.03. The number of fused-ring (bicyclic) bond motifs is 1. The molecule has 4 nitrogen and oxygen atoms in total. The summed E-state index contributed by atoms with van der Waals surface area (Å²) in [4.78, 5) is 14.9. The zero-order valence-electron chi connectivity index (χ0n) is 13.4. The van der Waals surface area contributed by atoms with Crippen molar-refractivity contribution in [2.24, 2.45) is 0 Å². The molecule has 1 unspecified atom stereocenters. The van der Waals surface area contributed by atoms with Crippen molar-refractivity contribution in [3.63, 3.8) is 0 Å². The van der Waals surface area contributed by atoms with Gasteiger partial charge in [-0.15, -0.1) is 0 Å². The summed E-state index contributed by atoms with van der Waals surface area (Å²) in [6, 6.07) is 19.3. The Balaban J connectivity index is 1.66. The Kier molecular flexibility index (Phi) is 3.58. The number of benzene rings is 2. The van der Waals surface area contributed by atoms with Gasteiger partial charge in [-0.25, -0.2) is 0 Å². The molecule has 1 aromatic heterocycles. The highest BCUT2D eigenvalue weighted by Gasteiger charge is 2.29. The summed E-state index contributed by atoms with van der Waals surface area (Å²) in [5, 5.41) is 0. The van der Waals surface area contributed by atoms with Crippen LogP contribution in [0.15, 0.2) is 73.1 Å². The largest absolute Gasteiger partial charge is 0.489 e. The monoisotopic (exact) mass is 318 g/mol. The second-order valence-corrected chi connectivity index (χ2v) is 5.94. The molecule has 4 heteroatoms. The first-order valence-corrected chi connectivity index (χ1v) is 8.03. The minimum absolute atomic E-state index is 0.00249. The molecule has 3 aromatic rings. The van der Waals surface area contributed by atoms with E-state index in [0.29, 0.717) is 12.2 Å². The number of amides is 1. The molecule has 24 heavy (non-hydrogen) atoms. The number of rotatable bonds is 2. The molecule has 0 saturated carbocycles. The highest BCUT2D eigenvalue weighted by atomic mass is 16.5. The fourth-order valence-corrected chi connectivity index (χ4v) is 3.03. The average Bonchev–Trinajstić information content (AvgIpc) is 3.16. The number of anilines is 1. The number of hydrogen-bond acceptors (Lipinski definition) is 2. The average molecular weight is 318 g/mol. The van der Waals surface area contributed by atoms with Crippen LogP contribution < -0.4 is 9.64 Å². The van der Waals surface area contributed by atoms with Crippen LogP contribution in [0.1, 0.15) is 17.3 Å². The number of nitrogens with zero attached hydrogens (tertiary/aromatic N) is 2. The second-order valence-electron chi connectivity index (χ2n) is 5.94. The molecule has 0 N–H and O–H groups in total. The van der Waals surface area contributed by atoms with E-state index in [9.17, 15) is 4.79 Å². The molecule has 2 aromatic carbocycles. The van der Waals surface area contributed by atoms with Gasteiger partial charge in [0.15, 0.2) is 0 Å². The van der Waals surface area contributed by atoms with Crippen molar-refractivity contribution in [3.8, 4) is 11.4 Å². The summed E-state index contributed by atoms with van der Waals surface area (Å²) in [7, 11) is 0. The predicted molar refractivity (Wildman–Crippen MR) is 94.0 cm³/mol. The van der Waals surface area contributed by atoms with Crippen LogP contribution >= 0.6 is 0 Å². The fourth-order valence-electron chi connectivity index (χ4n) is 3.03. The number of carbonyl (C=O) groups is 1. The molecule has 120 valence electrons. The van der Waals surface area contributed by atoms with E-state index in [-0.39, 0.29) is 11.9 Å². The third-order valence-electron chi connectivity index (χ3n) is 4.28. The lowest BCUT2D eigenvalue weighted by Gasteiger charge is -2.35. The molecular formula is C20H18N2O2. The summed E-state index contributed by atoms with van der Waals surface area (Å²) in [5.74, 6) is 0.755. The Labute approximate surface area is 140 Å². The molecule has 1 atom stereocenters. The van der Waals surface area contributed by atoms with Crippen molar-refractivity contribution in [2.45, 2.75) is 13.0 Å². The van der Waals surface area contributed by atoms with Gasteiger partial charge in [0.2, 0.25) is 0 Å². The van der Waals surface area contributed by atoms with Gasteiger partial charge in [-0.05, 0) is 55.5 Å². The standard InChI is InChI=1S/C20H18N2O2/c1-15-14-24-19-7-3-2-6-18(19)22(15)20(23)16-8-10-17(11-9-16)21-12-4-5-13-21/h2-13,15H,14H2,1H3. The van der Waals surface area contributed by atoms with E-state index in [0.717, 1.165) is 17.1 Å². The molecule has 2 heterocycles.